The van der Waals surface area contributed by atoms with Gasteiger partial charge in [-0.05, 0) is 35.1 Å². The Morgan fingerprint density at radius 2 is 1.94 bits per heavy atom. The van der Waals surface area contributed by atoms with Gasteiger partial charge in [0.15, 0.2) is 0 Å². The monoisotopic (exact) mass is 277 g/mol. The summed E-state index contributed by atoms with van der Waals surface area (Å²) in [5, 5.41) is 4.54. The maximum atomic E-state index is 4.54. The lowest BCUT2D eigenvalue weighted by Gasteiger charge is -2.08. The minimum atomic E-state index is 0.961. The molecular weight excluding hydrogens is 266 g/mol. The zero-order chi connectivity index (χ0) is 11.1. The largest absolute Gasteiger partial charge is 0.296 e. The second-order valence-electron chi connectivity index (χ2n) is 4.14. The average Bonchev–Trinajstić information content (AvgIpc) is 2.80. The van der Waals surface area contributed by atoms with Crippen molar-refractivity contribution in [1.82, 2.24) is 14.7 Å². The second kappa shape index (κ2) is 3.71. The molecule has 0 unspecified atom stereocenters. The fraction of sp³-hybridized carbons (Fsp3) is 0.250. The van der Waals surface area contributed by atoms with Gasteiger partial charge in [-0.1, -0.05) is 18.2 Å². The topological polar surface area (TPSA) is 21.1 Å². The molecule has 0 spiro atoms. The van der Waals surface area contributed by atoms with Gasteiger partial charge in [0.1, 0.15) is 4.60 Å². The Balaban J connectivity index is 2.14. The average molecular weight is 278 g/mol. The highest BCUT2D eigenvalue weighted by atomic mass is 79.9. The van der Waals surface area contributed by atoms with Crippen LogP contribution in [0, 0.1) is 0 Å². The number of hydrogen-bond acceptors (Lipinski definition) is 2. The summed E-state index contributed by atoms with van der Waals surface area (Å²) in [5.74, 6) is 0. The summed E-state index contributed by atoms with van der Waals surface area (Å²) in [7, 11) is 2.13. The standard InChI is InChI=1S/C12H12BrN3/c1-15-7-10-11(8-15)16(14-12(10)13)9-5-3-2-4-6-9/h2-6H,7-8H2,1H3. The van der Waals surface area contributed by atoms with Crippen LogP contribution in [0.2, 0.25) is 0 Å². The lowest BCUT2D eigenvalue weighted by atomic mass is 10.3. The molecular formula is C12H12BrN3. The lowest BCUT2D eigenvalue weighted by molar-refractivity contribution is 0.345. The smallest absolute Gasteiger partial charge is 0.133 e. The van der Waals surface area contributed by atoms with E-state index in [4.69, 9.17) is 0 Å². The van der Waals surface area contributed by atoms with Crippen molar-refractivity contribution >= 4 is 15.9 Å². The first-order chi connectivity index (χ1) is 7.75. The van der Waals surface area contributed by atoms with Crippen LogP contribution in [-0.2, 0) is 13.1 Å². The van der Waals surface area contributed by atoms with Gasteiger partial charge in [0.25, 0.3) is 0 Å². The fourth-order valence-corrected chi connectivity index (χ4v) is 2.65. The van der Waals surface area contributed by atoms with E-state index in [9.17, 15) is 0 Å². The van der Waals surface area contributed by atoms with Gasteiger partial charge in [0.2, 0.25) is 0 Å². The molecule has 3 nitrogen and oxygen atoms in total. The number of nitrogens with zero attached hydrogens (tertiary/aromatic N) is 3. The van der Waals surface area contributed by atoms with Crippen LogP contribution >= 0.6 is 15.9 Å². The van der Waals surface area contributed by atoms with E-state index in [1.807, 2.05) is 22.9 Å². The highest BCUT2D eigenvalue weighted by Crippen LogP contribution is 2.29. The van der Waals surface area contributed by atoms with E-state index in [0.29, 0.717) is 0 Å². The molecule has 0 fully saturated rings. The van der Waals surface area contributed by atoms with Crippen LogP contribution in [0.1, 0.15) is 11.3 Å². The van der Waals surface area contributed by atoms with Gasteiger partial charge in [-0.25, -0.2) is 4.68 Å². The van der Waals surface area contributed by atoms with Crippen LogP contribution < -0.4 is 0 Å². The molecule has 1 aliphatic rings. The molecule has 1 aromatic carbocycles. The first-order valence-electron chi connectivity index (χ1n) is 5.26. The van der Waals surface area contributed by atoms with Crippen molar-refractivity contribution < 1.29 is 0 Å². The van der Waals surface area contributed by atoms with E-state index < -0.39 is 0 Å². The van der Waals surface area contributed by atoms with Crippen molar-refractivity contribution in [2.45, 2.75) is 13.1 Å². The predicted molar refractivity (Wildman–Crippen MR) is 66.4 cm³/mol. The van der Waals surface area contributed by atoms with Gasteiger partial charge < -0.3 is 0 Å². The number of fused-ring (bicyclic) bond motifs is 1. The highest BCUT2D eigenvalue weighted by molar-refractivity contribution is 9.10. The van der Waals surface area contributed by atoms with E-state index in [2.05, 4.69) is 45.1 Å². The zero-order valence-corrected chi connectivity index (χ0v) is 10.6. The minimum absolute atomic E-state index is 0.961. The molecule has 4 heteroatoms. The molecule has 82 valence electrons. The SMILES string of the molecule is CN1Cc2c(Br)nn(-c3ccccc3)c2C1. The Morgan fingerprint density at radius 1 is 1.19 bits per heavy atom. The Labute approximate surface area is 103 Å². The third-order valence-corrected chi connectivity index (χ3v) is 3.53. The predicted octanol–water partition coefficient (Wildman–Crippen LogP) is 2.58. The Bertz CT molecular complexity index is 519. The summed E-state index contributed by atoms with van der Waals surface area (Å²) in [6.07, 6.45) is 0. The van der Waals surface area contributed by atoms with Gasteiger partial charge in [-0.2, -0.15) is 5.10 Å². The van der Waals surface area contributed by atoms with Crippen molar-refractivity contribution in [1.29, 1.82) is 0 Å². The minimum Gasteiger partial charge on any atom is -0.296 e. The van der Waals surface area contributed by atoms with Crippen molar-refractivity contribution in [3.8, 4) is 5.69 Å². The number of para-hydroxylation sites is 1. The molecule has 0 saturated carbocycles. The fourth-order valence-electron chi connectivity index (χ4n) is 2.14. The maximum absolute atomic E-state index is 4.54. The Morgan fingerprint density at radius 3 is 2.69 bits per heavy atom. The molecule has 2 aromatic rings. The van der Waals surface area contributed by atoms with Crippen molar-refractivity contribution in [3.05, 3.63) is 46.2 Å². The van der Waals surface area contributed by atoms with E-state index in [0.717, 1.165) is 23.4 Å². The molecule has 0 atom stereocenters. The van der Waals surface area contributed by atoms with E-state index in [1.165, 1.54) is 11.3 Å². The quantitative estimate of drug-likeness (QED) is 0.799. The molecule has 2 heterocycles. The summed E-state index contributed by atoms with van der Waals surface area (Å²) >= 11 is 3.53. The lowest BCUT2D eigenvalue weighted by Crippen LogP contribution is -2.11. The molecule has 1 aliphatic heterocycles. The Hall–Kier alpha value is -1.13. The molecule has 1 aromatic heterocycles. The molecule has 3 rings (SSSR count). The molecule has 16 heavy (non-hydrogen) atoms. The number of benzene rings is 1. The summed E-state index contributed by atoms with van der Waals surface area (Å²) in [6, 6.07) is 10.3. The second-order valence-corrected chi connectivity index (χ2v) is 4.89. The first kappa shape index (κ1) is 10.1. The summed E-state index contributed by atoms with van der Waals surface area (Å²) < 4.78 is 3.00. The maximum Gasteiger partial charge on any atom is 0.133 e. The summed E-state index contributed by atoms with van der Waals surface area (Å²) in [4.78, 5) is 2.29. The third kappa shape index (κ3) is 1.49. The van der Waals surface area contributed by atoms with Crippen LogP contribution in [0.3, 0.4) is 0 Å². The summed E-state index contributed by atoms with van der Waals surface area (Å²) in [5.41, 5.74) is 3.73. The van der Waals surface area contributed by atoms with Crippen molar-refractivity contribution in [2.24, 2.45) is 0 Å². The molecule has 0 N–H and O–H groups in total. The van der Waals surface area contributed by atoms with Crippen LogP contribution in [0.25, 0.3) is 5.69 Å². The van der Waals surface area contributed by atoms with E-state index >= 15 is 0 Å². The molecule has 0 aliphatic carbocycles. The van der Waals surface area contributed by atoms with Crippen LogP contribution in [0.15, 0.2) is 34.9 Å². The third-order valence-electron chi connectivity index (χ3n) is 2.89. The normalized spacial score (nSPS) is 15.4. The zero-order valence-electron chi connectivity index (χ0n) is 9.02. The van der Waals surface area contributed by atoms with Gasteiger partial charge in [0.05, 0.1) is 11.4 Å². The van der Waals surface area contributed by atoms with E-state index in [-0.39, 0.29) is 0 Å². The molecule has 0 amide bonds. The van der Waals surface area contributed by atoms with Crippen LogP contribution in [0.5, 0.6) is 0 Å². The molecule has 0 saturated heterocycles. The number of aromatic nitrogens is 2. The Kier molecular flexibility index (Phi) is 2.33. The van der Waals surface area contributed by atoms with Gasteiger partial charge in [0, 0.05) is 18.7 Å². The van der Waals surface area contributed by atoms with Crippen LogP contribution in [0.4, 0.5) is 0 Å². The van der Waals surface area contributed by atoms with E-state index in [1.54, 1.807) is 0 Å². The highest BCUT2D eigenvalue weighted by Gasteiger charge is 2.24. The van der Waals surface area contributed by atoms with Gasteiger partial charge in [-0.3, -0.25) is 4.90 Å². The van der Waals surface area contributed by atoms with Crippen molar-refractivity contribution in [2.75, 3.05) is 7.05 Å². The molecule has 0 bridgehead atoms. The first-order valence-corrected chi connectivity index (χ1v) is 6.05. The number of rotatable bonds is 1. The number of hydrogen-bond donors (Lipinski definition) is 0. The summed E-state index contributed by atoms with van der Waals surface area (Å²) in [6.45, 7) is 1.94. The number of halogens is 1. The molecule has 0 radical (unpaired) electrons. The van der Waals surface area contributed by atoms with Gasteiger partial charge in [-0.15, -0.1) is 0 Å². The van der Waals surface area contributed by atoms with Crippen LogP contribution in [-0.4, -0.2) is 21.7 Å². The van der Waals surface area contributed by atoms with Crippen molar-refractivity contribution in [3.63, 3.8) is 0 Å². The van der Waals surface area contributed by atoms with Gasteiger partial charge >= 0.3 is 0 Å².